The van der Waals surface area contributed by atoms with Crippen molar-refractivity contribution in [2.75, 3.05) is 0 Å². The number of nitrogens with one attached hydrogen (secondary N) is 2. The van der Waals surface area contributed by atoms with Crippen LogP contribution >= 0.6 is 0 Å². The summed E-state index contributed by atoms with van der Waals surface area (Å²) in [5, 5.41) is 29.0. The van der Waals surface area contributed by atoms with Crippen molar-refractivity contribution in [3.8, 4) is 0 Å². The molecule has 8 nitrogen and oxygen atoms in total. The summed E-state index contributed by atoms with van der Waals surface area (Å²) in [5.74, 6) is -1.44. The summed E-state index contributed by atoms with van der Waals surface area (Å²) in [6.45, 7) is 0. The topological polar surface area (TPSA) is 120 Å². The summed E-state index contributed by atoms with van der Waals surface area (Å²) in [5.41, 5.74) is 1.60. The van der Waals surface area contributed by atoms with Gasteiger partial charge < -0.3 is 5.11 Å². The Morgan fingerprint density at radius 2 is 2.26 bits per heavy atom. The van der Waals surface area contributed by atoms with Crippen LogP contribution < -0.4 is 0 Å². The van der Waals surface area contributed by atoms with E-state index >= 15 is 0 Å². The quantitative estimate of drug-likeness (QED) is 0.372. The lowest BCUT2D eigenvalue weighted by atomic mass is 10.0. The molecule has 0 bridgehead atoms. The number of carbonyl (C=O) groups is 1. The molecule has 116 valence electrons. The number of aromatic amines is 2. The van der Waals surface area contributed by atoms with Crippen molar-refractivity contribution in [1.29, 1.82) is 0 Å². The van der Waals surface area contributed by atoms with Crippen LogP contribution in [0.15, 0.2) is 36.5 Å². The maximum Gasteiger partial charge on any atom is 0.244 e. The number of tetrazole rings is 1. The van der Waals surface area contributed by atoms with Crippen LogP contribution in [0.3, 0.4) is 0 Å². The molecule has 2 heterocycles. The predicted molar refractivity (Wildman–Crippen MR) is 76.9 cm³/mol. The highest BCUT2D eigenvalue weighted by Crippen LogP contribution is 2.18. The monoisotopic (exact) mass is 314 g/mol. The van der Waals surface area contributed by atoms with Gasteiger partial charge in [-0.1, -0.05) is 12.1 Å². The van der Waals surface area contributed by atoms with Crippen molar-refractivity contribution in [3.05, 3.63) is 65.0 Å². The molecular weight excluding hydrogens is 303 g/mol. The van der Waals surface area contributed by atoms with E-state index in [9.17, 15) is 14.3 Å². The van der Waals surface area contributed by atoms with E-state index in [2.05, 4.69) is 30.8 Å². The lowest BCUT2D eigenvalue weighted by molar-refractivity contribution is 0.103. The van der Waals surface area contributed by atoms with E-state index < -0.39 is 5.78 Å². The highest BCUT2D eigenvalue weighted by Gasteiger charge is 2.14. The first-order chi connectivity index (χ1) is 11.1. The van der Waals surface area contributed by atoms with Crippen molar-refractivity contribution in [3.63, 3.8) is 0 Å². The Morgan fingerprint density at radius 3 is 3.00 bits per heavy atom. The van der Waals surface area contributed by atoms with Gasteiger partial charge in [-0.3, -0.25) is 9.89 Å². The summed E-state index contributed by atoms with van der Waals surface area (Å²) in [6, 6.07) is 6.09. The Kier molecular flexibility index (Phi) is 3.91. The van der Waals surface area contributed by atoms with Gasteiger partial charge in [-0.15, -0.1) is 10.2 Å². The molecule has 0 unspecified atom stereocenters. The van der Waals surface area contributed by atoms with Gasteiger partial charge in [-0.05, 0) is 22.9 Å². The van der Waals surface area contributed by atoms with Gasteiger partial charge in [0.05, 0.1) is 6.20 Å². The third kappa shape index (κ3) is 3.28. The maximum absolute atomic E-state index is 13.2. The largest absolute Gasteiger partial charge is 0.506 e. The van der Waals surface area contributed by atoms with Crippen LogP contribution in [0.25, 0.3) is 5.76 Å². The molecular formula is C14H11FN6O2. The first-order valence-corrected chi connectivity index (χ1v) is 6.59. The van der Waals surface area contributed by atoms with Crippen molar-refractivity contribution in [2.24, 2.45) is 0 Å². The number of aliphatic hydroxyl groups is 1. The molecule has 23 heavy (non-hydrogen) atoms. The number of allylic oxidation sites excluding steroid dienone is 1. The Morgan fingerprint density at radius 1 is 1.39 bits per heavy atom. The number of aromatic nitrogens is 6. The number of hydrogen-bond acceptors (Lipinski definition) is 6. The van der Waals surface area contributed by atoms with Crippen molar-refractivity contribution >= 4 is 11.5 Å². The molecule has 3 N–H and O–H groups in total. The van der Waals surface area contributed by atoms with E-state index in [1.54, 1.807) is 12.1 Å². The van der Waals surface area contributed by atoms with Crippen LogP contribution in [-0.4, -0.2) is 41.7 Å². The molecule has 0 atom stereocenters. The molecule has 0 saturated carbocycles. The molecule has 0 spiro atoms. The minimum absolute atomic E-state index is 0.164. The van der Waals surface area contributed by atoms with Crippen LogP contribution in [0, 0.1) is 5.82 Å². The zero-order valence-electron chi connectivity index (χ0n) is 11.7. The fourth-order valence-corrected chi connectivity index (χ4v) is 2.06. The van der Waals surface area contributed by atoms with E-state index in [0.29, 0.717) is 17.5 Å². The first-order valence-electron chi connectivity index (χ1n) is 6.59. The van der Waals surface area contributed by atoms with Crippen LogP contribution in [0.5, 0.6) is 0 Å². The lowest BCUT2D eigenvalue weighted by Crippen LogP contribution is -2.01. The zero-order chi connectivity index (χ0) is 16.2. The van der Waals surface area contributed by atoms with Crippen molar-refractivity contribution < 1.29 is 14.3 Å². The first kappa shape index (κ1) is 14.6. The smallest absolute Gasteiger partial charge is 0.244 e. The predicted octanol–water partition coefficient (Wildman–Crippen LogP) is 1.43. The molecule has 1 aromatic carbocycles. The Hall–Kier alpha value is -3.36. The zero-order valence-corrected chi connectivity index (χ0v) is 11.7. The molecule has 0 radical (unpaired) electrons. The number of halogens is 1. The Balaban J connectivity index is 1.84. The number of hydrogen-bond donors (Lipinski definition) is 3. The molecule has 0 aliphatic heterocycles. The van der Waals surface area contributed by atoms with Gasteiger partial charge in [-0.25, -0.2) is 4.39 Å². The summed E-state index contributed by atoms with van der Waals surface area (Å²) in [7, 11) is 0. The van der Waals surface area contributed by atoms with Gasteiger partial charge in [0.2, 0.25) is 11.6 Å². The number of benzene rings is 1. The number of aliphatic hydroxyl groups excluding tert-OH is 1. The average Bonchev–Trinajstić information content (AvgIpc) is 3.18. The molecule has 0 fully saturated rings. The summed E-state index contributed by atoms with van der Waals surface area (Å²) >= 11 is 0. The number of nitrogens with zero attached hydrogens (tertiary/aromatic N) is 4. The fourth-order valence-electron chi connectivity index (χ4n) is 2.06. The van der Waals surface area contributed by atoms with Crippen LogP contribution in [0.1, 0.15) is 27.4 Å². The minimum atomic E-state index is -0.609. The molecule has 3 rings (SSSR count). The van der Waals surface area contributed by atoms with Gasteiger partial charge in [0.15, 0.2) is 0 Å². The van der Waals surface area contributed by atoms with Crippen molar-refractivity contribution in [2.45, 2.75) is 6.42 Å². The lowest BCUT2D eigenvalue weighted by Gasteiger charge is -2.03. The molecule has 0 aliphatic carbocycles. The average molecular weight is 314 g/mol. The van der Waals surface area contributed by atoms with E-state index in [4.69, 9.17) is 0 Å². The molecule has 2 aromatic heterocycles. The Bertz CT molecular complexity index is 856. The van der Waals surface area contributed by atoms with E-state index in [1.165, 1.54) is 18.3 Å². The number of rotatable bonds is 5. The summed E-state index contributed by atoms with van der Waals surface area (Å²) < 4.78 is 13.2. The molecule has 0 aliphatic rings. The number of ketones is 1. The summed E-state index contributed by atoms with van der Waals surface area (Å²) in [6.07, 6.45) is 2.81. The van der Waals surface area contributed by atoms with Gasteiger partial charge in [0.1, 0.15) is 17.3 Å². The highest BCUT2D eigenvalue weighted by molar-refractivity contribution is 6.05. The normalized spacial score (nSPS) is 11.6. The number of carbonyl (C=O) groups excluding carboxylic acids is 1. The second-order valence-corrected chi connectivity index (χ2v) is 4.71. The molecule has 0 saturated heterocycles. The Labute approximate surface area is 129 Å². The van der Waals surface area contributed by atoms with Crippen LogP contribution in [0.2, 0.25) is 0 Å². The highest BCUT2D eigenvalue weighted by atomic mass is 19.1. The van der Waals surface area contributed by atoms with Gasteiger partial charge in [-0.2, -0.15) is 10.3 Å². The third-order valence-corrected chi connectivity index (χ3v) is 3.09. The molecule has 3 aromatic rings. The molecule has 0 amide bonds. The van der Waals surface area contributed by atoms with Crippen LogP contribution in [0.4, 0.5) is 4.39 Å². The summed E-state index contributed by atoms with van der Waals surface area (Å²) in [4.78, 5) is 11.8. The van der Waals surface area contributed by atoms with Gasteiger partial charge >= 0.3 is 0 Å². The number of H-pyrrole nitrogens is 2. The minimum Gasteiger partial charge on any atom is -0.506 e. The van der Waals surface area contributed by atoms with E-state index in [-0.39, 0.29) is 23.1 Å². The maximum atomic E-state index is 13.2. The van der Waals surface area contributed by atoms with Crippen LogP contribution in [-0.2, 0) is 6.42 Å². The second kappa shape index (κ2) is 6.18. The second-order valence-electron chi connectivity index (χ2n) is 4.71. The molecule has 9 heteroatoms. The van der Waals surface area contributed by atoms with Gasteiger partial charge in [0.25, 0.3) is 0 Å². The van der Waals surface area contributed by atoms with E-state index in [1.807, 2.05) is 0 Å². The van der Waals surface area contributed by atoms with Crippen molar-refractivity contribution in [1.82, 2.24) is 30.8 Å². The third-order valence-electron chi connectivity index (χ3n) is 3.09. The standard InChI is InChI=1S/C14H11FN6O2/c15-10-3-1-2-8(5-10)4-9-7-16-17-13(9)11(22)6-12(23)14-18-20-21-19-14/h1-3,5-7,22H,4H2,(H,16,17)(H,18,19,20,21). The fraction of sp³-hybridized carbons (Fsp3) is 0.0714. The van der Waals surface area contributed by atoms with Gasteiger partial charge in [0, 0.05) is 18.1 Å². The van der Waals surface area contributed by atoms with E-state index in [0.717, 1.165) is 6.08 Å². The SMILES string of the molecule is O=C(C=C(O)c1[nH]ncc1Cc1cccc(F)c1)c1nn[nH]n1.